The highest BCUT2D eigenvalue weighted by molar-refractivity contribution is 5.97. The van der Waals surface area contributed by atoms with Gasteiger partial charge in [-0.2, -0.15) is 0 Å². The lowest BCUT2D eigenvalue weighted by atomic mass is 10.1. The van der Waals surface area contributed by atoms with Crippen LogP contribution in [-0.2, 0) is 0 Å². The Hall–Kier alpha value is -4.40. The molecular formula is C27H26N4O5. The second-order valence-corrected chi connectivity index (χ2v) is 8.34. The van der Waals surface area contributed by atoms with E-state index in [-0.39, 0.29) is 11.5 Å². The summed E-state index contributed by atoms with van der Waals surface area (Å²) in [5.41, 5.74) is 1.43. The number of fused-ring (bicyclic) bond motifs is 1. The van der Waals surface area contributed by atoms with Crippen LogP contribution in [0.15, 0.2) is 69.9 Å². The van der Waals surface area contributed by atoms with Gasteiger partial charge in [-0.3, -0.25) is 4.79 Å². The van der Waals surface area contributed by atoms with E-state index >= 15 is 0 Å². The number of para-hydroxylation sites is 1. The minimum atomic E-state index is -0.665. The first kappa shape index (κ1) is 23.3. The highest BCUT2D eigenvalue weighted by Crippen LogP contribution is 2.26. The van der Waals surface area contributed by atoms with Crippen LogP contribution in [0.3, 0.4) is 0 Å². The van der Waals surface area contributed by atoms with Gasteiger partial charge in [0.25, 0.3) is 5.91 Å². The molecule has 0 atom stereocenters. The van der Waals surface area contributed by atoms with Crippen molar-refractivity contribution in [3.63, 3.8) is 0 Å². The Morgan fingerprint density at radius 1 is 1.00 bits per heavy atom. The Bertz CT molecular complexity index is 1430. The molecule has 0 saturated carbocycles. The molecule has 0 N–H and O–H groups in total. The largest absolute Gasteiger partial charge is 0.497 e. The number of methoxy groups -OCH3 is 1. The number of hydrogen-bond acceptors (Lipinski definition) is 8. The molecule has 9 heteroatoms. The van der Waals surface area contributed by atoms with Crippen LogP contribution in [0.1, 0.15) is 17.3 Å². The number of rotatable bonds is 6. The van der Waals surface area contributed by atoms with Crippen molar-refractivity contribution in [1.29, 1.82) is 0 Å². The van der Waals surface area contributed by atoms with Crippen molar-refractivity contribution in [1.82, 2.24) is 15.1 Å². The molecule has 9 nitrogen and oxygen atoms in total. The van der Waals surface area contributed by atoms with Gasteiger partial charge >= 0.3 is 5.63 Å². The average molecular weight is 487 g/mol. The van der Waals surface area contributed by atoms with Crippen LogP contribution >= 0.6 is 0 Å². The minimum Gasteiger partial charge on any atom is -0.497 e. The second kappa shape index (κ2) is 10.1. The normalized spacial score (nSPS) is 13.6. The standard InChI is InChI=1S/C27H26N4O5/c1-3-35-23-6-4-5-19-17-21(27(33)36-25(19)23)26(32)31-15-13-30(14-16-31)24-12-11-22(28-29-24)18-7-9-20(34-2)10-8-18/h4-12,17H,3,13-16H2,1-2H3. The molecular weight excluding hydrogens is 460 g/mol. The zero-order valence-electron chi connectivity index (χ0n) is 20.1. The molecule has 1 saturated heterocycles. The molecule has 2 aromatic carbocycles. The summed E-state index contributed by atoms with van der Waals surface area (Å²) in [7, 11) is 1.63. The quantitative estimate of drug-likeness (QED) is 0.381. The Kier molecular flexibility index (Phi) is 6.53. The topological polar surface area (TPSA) is 98.0 Å². The lowest BCUT2D eigenvalue weighted by molar-refractivity contribution is 0.0742. The average Bonchev–Trinajstić information content (AvgIpc) is 2.93. The molecule has 4 aromatic rings. The van der Waals surface area contributed by atoms with E-state index in [1.165, 1.54) is 0 Å². The maximum Gasteiger partial charge on any atom is 0.349 e. The van der Waals surface area contributed by atoms with E-state index in [4.69, 9.17) is 13.9 Å². The van der Waals surface area contributed by atoms with Gasteiger partial charge in [-0.25, -0.2) is 4.79 Å². The molecule has 0 unspecified atom stereocenters. The van der Waals surface area contributed by atoms with Crippen molar-refractivity contribution in [3.05, 3.63) is 76.6 Å². The van der Waals surface area contributed by atoms with Crippen molar-refractivity contribution in [2.24, 2.45) is 0 Å². The molecule has 184 valence electrons. The van der Waals surface area contributed by atoms with Crippen molar-refractivity contribution in [2.75, 3.05) is 44.8 Å². The van der Waals surface area contributed by atoms with Crippen molar-refractivity contribution in [2.45, 2.75) is 6.92 Å². The smallest absolute Gasteiger partial charge is 0.349 e. The maximum atomic E-state index is 13.1. The fourth-order valence-corrected chi connectivity index (χ4v) is 4.25. The summed E-state index contributed by atoms with van der Waals surface area (Å²) in [6.45, 7) is 4.37. The number of hydrogen-bond donors (Lipinski definition) is 0. The predicted molar refractivity (Wildman–Crippen MR) is 136 cm³/mol. The van der Waals surface area contributed by atoms with E-state index < -0.39 is 5.63 Å². The summed E-state index contributed by atoms with van der Waals surface area (Å²) < 4.78 is 16.2. The third-order valence-corrected chi connectivity index (χ3v) is 6.18. The van der Waals surface area contributed by atoms with Gasteiger partial charge in [0, 0.05) is 37.1 Å². The first-order valence-electron chi connectivity index (χ1n) is 11.8. The molecule has 0 aliphatic carbocycles. The van der Waals surface area contributed by atoms with E-state index in [1.807, 2.05) is 43.3 Å². The maximum absolute atomic E-state index is 13.1. The summed E-state index contributed by atoms with van der Waals surface area (Å²) in [6.07, 6.45) is 0. The van der Waals surface area contributed by atoms with E-state index in [1.54, 1.807) is 36.3 Å². The fourth-order valence-electron chi connectivity index (χ4n) is 4.25. The van der Waals surface area contributed by atoms with Gasteiger partial charge in [0.05, 0.1) is 19.4 Å². The van der Waals surface area contributed by atoms with E-state index in [2.05, 4.69) is 15.1 Å². The molecule has 36 heavy (non-hydrogen) atoms. The van der Waals surface area contributed by atoms with Crippen molar-refractivity contribution >= 4 is 22.7 Å². The highest BCUT2D eigenvalue weighted by atomic mass is 16.5. The first-order chi connectivity index (χ1) is 17.6. The van der Waals surface area contributed by atoms with Gasteiger partial charge in [0.15, 0.2) is 17.2 Å². The summed E-state index contributed by atoms with van der Waals surface area (Å²) in [6, 6.07) is 18.4. The van der Waals surface area contributed by atoms with Crippen molar-refractivity contribution < 1.29 is 18.7 Å². The van der Waals surface area contributed by atoms with Gasteiger partial charge < -0.3 is 23.7 Å². The molecule has 0 radical (unpaired) electrons. The lowest BCUT2D eigenvalue weighted by Crippen LogP contribution is -2.49. The number of piperazine rings is 1. The zero-order valence-corrected chi connectivity index (χ0v) is 20.1. The van der Waals surface area contributed by atoms with E-state index in [0.717, 1.165) is 22.8 Å². The molecule has 1 aliphatic rings. The van der Waals surface area contributed by atoms with Crippen LogP contribution < -0.4 is 20.0 Å². The van der Waals surface area contributed by atoms with E-state index in [0.29, 0.717) is 49.5 Å². The number of carbonyl (C=O) groups excluding carboxylic acids is 1. The van der Waals surface area contributed by atoms with Crippen LogP contribution in [0.4, 0.5) is 5.82 Å². The number of aromatic nitrogens is 2. The van der Waals surface area contributed by atoms with Gasteiger partial charge in [0.2, 0.25) is 0 Å². The summed E-state index contributed by atoms with van der Waals surface area (Å²) in [5.74, 6) is 1.67. The second-order valence-electron chi connectivity index (χ2n) is 8.34. The van der Waals surface area contributed by atoms with Crippen molar-refractivity contribution in [3.8, 4) is 22.8 Å². The molecule has 1 aliphatic heterocycles. The zero-order chi connectivity index (χ0) is 25.1. The van der Waals surface area contributed by atoms with Gasteiger partial charge in [-0.1, -0.05) is 12.1 Å². The Morgan fingerprint density at radius 3 is 2.44 bits per heavy atom. The number of carbonyl (C=O) groups is 1. The number of anilines is 1. The first-order valence-corrected chi connectivity index (χ1v) is 11.8. The molecule has 3 heterocycles. The SMILES string of the molecule is CCOc1cccc2cc(C(=O)N3CCN(c4ccc(-c5ccc(OC)cc5)nn4)CC3)c(=O)oc12. The Labute approximate surface area is 207 Å². The van der Waals surface area contributed by atoms with Gasteiger partial charge in [-0.05, 0) is 55.5 Å². The molecule has 5 rings (SSSR count). The third-order valence-electron chi connectivity index (χ3n) is 6.18. The number of nitrogens with zero attached hydrogens (tertiary/aromatic N) is 4. The summed E-state index contributed by atoms with van der Waals surface area (Å²) >= 11 is 0. The number of amides is 1. The predicted octanol–water partition coefficient (Wildman–Crippen LogP) is 3.62. The fraction of sp³-hybridized carbons (Fsp3) is 0.259. The van der Waals surface area contributed by atoms with Crippen LogP contribution in [-0.4, -0.2) is 60.9 Å². The summed E-state index contributed by atoms with van der Waals surface area (Å²) in [4.78, 5) is 29.5. The molecule has 0 bridgehead atoms. The molecule has 2 aromatic heterocycles. The molecule has 1 amide bonds. The Balaban J connectivity index is 1.26. The number of benzene rings is 2. The minimum absolute atomic E-state index is 0.0215. The lowest BCUT2D eigenvalue weighted by Gasteiger charge is -2.35. The molecule has 1 fully saturated rings. The van der Waals surface area contributed by atoms with Crippen LogP contribution in [0, 0.1) is 0 Å². The van der Waals surface area contributed by atoms with Gasteiger partial charge in [-0.15, -0.1) is 10.2 Å². The van der Waals surface area contributed by atoms with Gasteiger partial charge in [0.1, 0.15) is 11.3 Å². The van der Waals surface area contributed by atoms with Crippen LogP contribution in [0.25, 0.3) is 22.2 Å². The summed E-state index contributed by atoms with van der Waals surface area (Å²) in [5, 5.41) is 9.40. The monoisotopic (exact) mass is 486 g/mol. The third kappa shape index (κ3) is 4.59. The number of ether oxygens (including phenoxy) is 2. The highest BCUT2D eigenvalue weighted by Gasteiger charge is 2.26. The Morgan fingerprint density at radius 2 is 1.78 bits per heavy atom. The van der Waals surface area contributed by atoms with Crippen LogP contribution in [0.5, 0.6) is 11.5 Å². The van der Waals surface area contributed by atoms with Crippen LogP contribution in [0.2, 0.25) is 0 Å². The molecule has 0 spiro atoms. The van der Waals surface area contributed by atoms with E-state index in [9.17, 15) is 9.59 Å².